The Balaban J connectivity index is 2.20. The van der Waals surface area contributed by atoms with Crippen LogP contribution in [0, 0.1) is 11.8 Å². The van der Waals surface area contributed by atoms with Crippen LogP contribution in [0.4, 0.5) is 0 Å². The lowest BCUT2D eigenvalue weighted by Crippen LogP contribution is -2.18. The van der Waals surface area contributed by atoms with Gasteiger partial charge in [0.05, 0.1) is 6.10 Å². The van der Waals surface area contributed by atoms with E-state index in [-0.39, 0.29) is 6.10 Å². The molecule has 0 aliphatic heterocycles. The van der Waals surface area contributed by atoms with Crippen molar-refractivity contribution in [1.29, 1.82) is 0 Å². The molecule has 0 heterocycles. The predicted octanol–water partition coefficient (Wildman–Crippen LogP) is 2.97. The second-order valence-corrected chi connectivity index (χ2v) is 4.45. The van der Waals surface area contributed by atoms with Gasteiger partial charge in [-0.1, -0.05) is 32.6 Å². The van der Waals surface area contributed by atoms with Gasteiger partial charge in [0.15, 0.2) is 0 Å². The molecule has 1 unspecified atom stereocenters. The van der Waals surface area contributed by atoms with Crippen molar-refractivity contribution in [3.8, 4) is 0 Å². The fourth-order valence-corrected chi connectivity index (χ4v) is 2.28. The molecule has 1 N–H and O–H groups in total. The minimum Gasteiger partial charge on any atom is -0.393 e. The molecule has 0 aromatic carbocycles. The third-order valence-corrected chi connectivity index (χ3v) is 3.24. The lowest BCUT2D eigenvalue weighted by atomic mass is 9.78. The third kappa shape index (κ3) is 3.14. The first-order valence-electron chi connectivity index (χ1n) is 5.38. The molecule has 0 aromatic rings. The van der Waals surface area contributed by atoms with E-state index < -0.39 is 0 Å². The van der Waals surface area contributed by atoms with Crippen molar-refractivity contribution in [1.82, 2.24) is 0 Å². The smallest absolute Gasteiger partial charge is 0.0512 e. The Kier molecular flexibility index (Phi) is 4.07. The summed E-state index contributed by atoms with van der Waals surface area (Å²) in [5.41, 5.74) is 0. The Hall–Kier alpha value is -0.0400. The monoisotopic (exact) mass is 170 g/mol. The van der Waals surface area contributed by atoms with Crippen molar-refractivity contribution in [2.24, 2.45) is 11.8 Å². The van der Waals surface area contributed by atoms with Gasteiger partial charge >= 0.3 is 0 Å². The van der Waals surface area contributed by atoms with E-state index in [0.717, 1.165) is 18.3 Å². The molecule has 1 aliphatic rings. The fraction of sp³-hybridized carbons (Fsp3) is 1.00. The number of hydrogen-bond donors (Lipinski definition) is 1. The molecule has 72 valence electrons. The van der Waals surface area contributed by atoms with Gasteiger partial charge in [-0.05, 0) is 31.6 Å². The maximum Gasteiger partial charge on any atom is 0.0512 e. The first-order valence-corrected chi connectivity index (χ1v) is 5.38. The van der Waals surface area contributed by atoms with Crippen molar-refractivity contribution < 1.29 is 5.11 Å². The highest BCUT2D eigenvalue weighted by molar-refractivity contribution is 4.72. The fourth-order valence-electron chi connectivity index (χ4n) is 2.28. The summed E-state index contributed by atoms with van der Waals surface area (Å²) in [4.78, 5) is 0. The van der Waals surface area contributed by atoms with E-state index in [1.807, 2.05) is 6.92 Å². The molecule has 0 bridgehead atoms. The van der Waals surface area contributed by atoms with Gasteiger partial charge in [0.1, 0.15) is 0 Å². The molecule has 0 aromatic heterocycles. The Morgan fingerprint density at radius 3 is 2.58 bits per heavy atom. The number of hydrogen-bond acceptors (Lipinski definition) is 1. The summed E-state index contributed by atoms with van der Waals surface area (Å²) >= 11 is 0. The highest BCUT2D eigenvalue weighted by Gasteiger charge is 2.20. The summed E-state index contributed by atoms with van der Waals surface area (Å²) in [5.74, 6) is 1.80. The van der Waals surface area contributed by atoms with Crippen LogP contribution >= 0.6 is 0 Å². The molecule has 0 spiro atoms. The van der Waals surface area contributed by atoms with Crippen molar-refractivity contribution in [3.05, 3.63) is 0 Å². The standard InChI is InChI=1S/C11H22O/c1-9-5-3-4-6-11(9)8-7-10(2)12/h9-12H,3-8H2,1-2H3/t9-,10+,11?/m0/s1. The summed E-state index contributed by atoms with van der Waals surface area (Å²) in [6, 6.07) is 0. The number of aliphatic hydroxyl groups excluding tert-OH is 1. The van der Waals surface area contributed by atoms with Crippen LogP contribution in [0.5, 0.6) is 0 Å². The van der Waals surface area contributed by atoms with Crippen LogP contribution in [0.2, 0.25) is 0 Å². The molecule has 0 saturated heterocycles. The van der Waals surface area contributed by atoms with E-state index in [0.29, 0.717) is 0 Å². The molecule has 1 saturated carbocycles. The van der Waals surface area contributed by atoms with Crippen molar-refractivity contribution in [2.45, 2.75) is 58.5 Å². The van der Waals surface area contributed by atoms with Gasteiger partial charge < -0.3 is 5.11 Å². The molecular formula is C11H22O. The molecule has 0 radical (unpaired) electrons. The van der Waals surface area contributed by atoms with Crippen LogP contribution in [0.15, 0.2) is 0 Å². The number of aliphatic hydroxyl groups is 1. The molecule has 1 fully saturated rings. The first kappa shape index (κ1) is 10.0. The van der Waals surface area contributed by atoms with E-state index in [9.17, 15) is 0 Å². The Bertz CT molecular complexity index is 120. The summed E-state index contributed by atoms with van der Waals surface area (Å²) in [5, 5.41) is 9.17. The van der Waals surface area contributed by atoms with Crippen LogP contribution in [0.25, 0.3) is 0 Å². The maximum atomic E-state index is 9.17. The van der Waals surface area contributed by atoms with Gasteiger partial charge in [-0.15, -0.1) is 0 Å². The molecule has 1 aliphatic carbocycles. The molecule has 1 heteroatoms. The molecular weight excluding hydrogens is 148 g/mol. The van der Waals surface area contributed by atoms with Crippen molar-refractivity contribution in [2.75, 3.05) is 0 Å². The second kappa shape index (κ2) is 4.86. The molecule has 3 atom stereocenters. The van der Waals surface area contributed by atoms with Gasteiger partial charge in [-0.2, -0.15) is 0 Å². The van der Waals surface area contributed by atoms with Crippen LogP contribution in [0.3, 0.4) is 0 Å². The average Bonchev–Trinajstić information content (AvgIpc) is 2.03. The Morgan fingerprint density at radius 2 is 2.00 bits per heavy atom. The summed E-state index contributed by atoms with van der Waals surface area (Å²) in [6.45, 7) is 4.26. The van der Waals surface area contributed by atoms with Gasteiger partial charge in [0, 0.05) is 0 Å². The minimum absolute atomic E-state index is 0.0980. The van der Waals surface area contributed by atoms with Gasteiger partial charge in [0.2, 0.25) is 0 Å². The molecule has 1 nitrogen and oxygen atoms in total. The van der Waals surface area contributed by atoms with Crippen LogP contribution in [0.1, 0.15) is 52.4 Å². The SMILES string of the molecule is C[C@@H](O)CCC1CCCC[C@@H]1C. The molecule has 1 rings (SSSR count). The third-order valence-electron chi connectivity index (χ3n) is 3.24. The van der Waals surface area contributed by atoms with Gasteiger partial charge in [0.25, 0.3) is 0 Å². The largest absolute Gasteiger partial charge is 0.393 e. The van der Waals surface area contributed by atoms with Crippen LogP contribution in [-0.2, 0) is 0 Å². The maximum absolute atomic E-state index is 9.17. The highest BCUT2D eigenvalue weighted by Crippen LogP contribution is 2.32. The van der Waals surface area contributed by atoms with Crippen molar-refractivity contribution in [3.63, 3.8) is 0 Å². The van der Waals surface area contributed by atoms with E-state index in [4.69, 9.17) is 5.11 Å². The van der Waals surface area contributed by atoms with E-state index in [1.54, 1.807) is 0 Å². The highest BCUT2D eigenvalue weighted by atomic mass is 16.3. The Labute approximate surface area is 76.2 Å². The molecule has 0 amide bonds. The predicted molar refractivity (Wildman–Crippen MR) is 52.0 cm³/mol. The first-order chi connectivity index (χ1) is 5.70. The summed E-state index contributed by atoms with van der Waals surface area (Å²) in [7, 11) is 0. The van der Waals surface area contributed by atoms with Crippen LogP contribution < -0.4 is 0 Å². The van der Waals surface area contributed by atoms with E-state index in [2.05, 4.69) is 6.92 Å². The second-order valence-electron chi connectivity index (χ2n) is 4.45. The zero-order chi connectivity index (χ0) is 8.97. The lowest BCUT2D eigenvalue weighted by Gasteiger charge is -2.28. The zero-order valence-electron chi connectivity index (χ0n) is 8.42. The van der Waals surface area contributed by atoms with E-state index in [1.165, 1.54) is 32.1 Å². The molecule has 12 heavy (non-hydrogen) atoms. The topological polar surface area (TPSA) is 20.2 Å². The van der Waals surface area contributed by atoms with Crippen LogP contribution in [-0.4, -0.2) is 11.2 Å². The van der Waals surface area contributed by atoms with Crippen molar-refractivity contribution >= 4 is 0 Å². The summed E-state index contributed by atoms with van der Waals surface area (Å²) < 4.78 is 0. The zero-order valence-corrected chi connectivity index (χ0v) is 8.42. The van der Waals surface area contributed by atoms with Gasteiger partial charge in [-0.25, -0.2) is 0 Å². The van der Waals surface area contributed by atoms with E-state index >= 15 is 0 Å². The minimum atomic E-state index is -0.0980. The summed E-state index contributed by atoms with van der Waals surface area (Å²) in [6.07, 6.45) is 7.77. The lowest BCUT2D eigenvalue weighted by molar-refractivity contribution is 0.153. The average molecular weight is 170 g/mol. The number of rotatable bonds is 3. The normalized spacial score (nSPS) is 33.2. The quantitative estimate of drug-likeness (QED) is 0.690. The van der Waals surface area contributed by atoms with Gasteiger partial charge in [-0.3, -0.25) is 0 Å². The Morgan fingerprint density at radius 1 is 1.33 bits per heavy atom.